The first-order valence-electron chi connectivity index (χ1n) is 13.0. The molecule has 0 amide bonds. The summed E-state index contributed by atoms with van der Waals surface area (Å²) < 4.78 is 34.2. The fourth-order valence-corrected chi connectivity index (χ4v) is 6.31. The van der Waals surface area contributed by atoms with E-state index in [0.29, 0.717) is 23.3 Å². The number of rotatable bonds is 8. The van der Waals surface area contributed by atoms with E-state index < -0.39 is 5.60 Å². The lowest BCUT2D eigenvalue weighted by Gasteiger charge is -2.25. The van der Waals surface area contributed by atoms with Gasteiger partial charge in [-0.3, -0.25) is 9.29 Å². The highest BCUT2D eigenvalue weighted by molar-refractivity contribution is 7.99. The lowest BCUT2D eigenvalue weighted by Crippen LogP contribution is -2.26. The highest BCUT2D eigenvalue weighted by atomic mass is 32.2. The summed E-state index contributed by atoms with van der Waals surface area (Å²) in [5.41, 5.74) is 3.53. The molecule has 3 aromatic carbocycles. The van der Waals surface area contributed by atoms with Gasteiger partial charge in [0.25, 0.3) is 0 Å². The number of phenols is 1. The number of nitrogens with zero attached hydrogens (tertiary/aromatic N) is 1. The van der Waals surface area contributed by atoms with Gasteiger partial charge in [-0.2, -0.15) is 0 Å². The highest BCUT2D eigenvalue weighted by Gasteiger charge is 2.27. The van der Waals surface area contributed by atoms with Crippen molar-refractivity contribution in [3.8, 4) is 11.5 Å². The van der Waals surface area contributed by atoms with Crippen molar-refractivity contribution in [2.75, 3.05) is 32.1 Å². The lowest BCUT2D eigenvalue weighted by molar-refractivity contribution is 0.0782. The van der Waals surface area contributed by atoms with E-state index in [-0.39, 0.29) is 24.3 Å². The van der Waals surface area contributed by atoms with Crippen LogP contribution in [0, 0.1) is 5.82 Å². The van der Waals surface area contributed by atoms with Crippen LogP contribution in [0.4, 0.5) is 8.78 Å². The van der Waals surface area contributed by atoms with E-state index in [1.807, 2.05) is 30.3 Å². The third-order valence-electron chi connectivity index (χ3n) is 7.19. The number of thioether (sulfide) groups is 1. The van der Waals surface area contributed by atoms with Gasteiger partial charge in [-0.1, -0.05) is 24.3 Å². The Balaban J connectivity index is 1.48. The number of halogens is 2. The van der Waals surface area contributed by atoms with Crippen LogP contribution >= 0.6 is 11.8 Å². The zero-order valence-corrected chi connectivity index (χ0v) is 22.5. The summed E-state index contributed by atoms with van der Waals surface area (Å²) in [6.45, 7) is 5.45. The fourth-order valence-electron chi connectivity index (χ4n) is 5.18. The van der Waals surface area contributed by atoms with Gasteiger partial charge >= 0.3 is 0 Å². The Morgan fingerprint density at radius 1 is 1.05 bits per heavy atom. The molecule has 0 aliphatic carbocycles. The van der Waals surface area contributed by atoms with Gasteiger partial charge in [-0.05, 0) is 90.9 Å². The Morgan fingerprint density at radius 3 is 2.53 bits per heavy atom. The number of aliphatic hydroxyl groups is 1. The molecule has 0 saturated carbocycles. The van der Waals surface area contributed by atoms with E-state index in [1.54, 1.807) is 49.9 Å². The van der Waals surface area contributed by atoms with E-state index >= 15 is 4.39 Å². The molecule has 2 heterocycles. The van der Waals surface area contributed by atoms with Gasteiger partial charge in [0.05, 0.1) is 12.3 Å². The molecule has 38 heavy (non-hydrogen) atoms. The smallest absolute Gasteiger partial charge is 0.131 e. The largest absolute Gasteiger partial charge is 0.508 e. The van der Waals surface area contributed by atoms with Gasteiger partial charge in [0.15, 0.2) is 0 Å². The monoisotopic (exact) mass is 537 g/mol. The molecular weight excluding hydrogens is 504 g/mol. The average molecular weight is 538 g/mol. The predicted molar refractivity (Wildman–Crippen MR) is 149 cm³/mol. The van der Waals surface area contributed by atoms with Crippen LogP contribution in [0.5, 0.6) is 11.5 Å². The summed E-state index contributed by atoms with van der Waals surface area (Å²) in [6, 6.07) is 18.1. The lowest BCUT2D eigenvalue weighted by atomic mass is 9.88. The van der Waals surface area contributed by atoms with Crippen LogP contribution in [0.2, 0.25) is 0 Å². The number of fused-ring (bicyclic) bond motifs is 1. The minimum Gasteiger partial charge on any atom is -0.508 e. The molecule has 3 aromatic rings. The molecular formula is C31H33F2NO3S. The molecule has 200 valence electrons. The van der Waals surface area contributed by atoms with Gasteiger partial charge in [0, 0.05) is 35.8 Å². The number of alkyl halides is 1. The average Bonchev–Trinajstić information content (AvgIpc) is 3.34. The first-order valence-corrected chi connectivity index (χ1v) is 14.0. The van der Waals surface area contributed by atoms with Crippen molar-refractivity contribution in [2.24, 2.45) is 0 Å². The van der Waals surface area contributed by atoms with Crippen molar-refractivity contribution in [2.45, 2.75) is 43.3 Å². The van der Waals surface area contributed by atoms with Crippen molar-refractivity contribution in [3.05, 3.63) is 88.7 Å². The number of ether oxygens (including phenoxy) is 1. The molecule has 1 saturated heterocycles. The number of likely N-dealkylation sites (tertiary alicyclic amines) is 1. The number of hydrogen-bond donors (Lipinski definition) is 2. The van der Waals surface area contributed by atoms with Crippen LogP contribution < -0.4 is 4.74 Å². The number of hydrogen-bond acceptors (Lipinski definition) is 5. The van der Waals surface area contributed by atoms with Crippen molar-refractivity contribution >= 4 is 22.9 Å². The van der Waals surface area contributed by atoms with E-state index in [1.165, 1.54) is 6.07 Å². The molecule has 5 rings (SSSR count). The molecule has 4 nitrogen and oxygen atoms in total. The second-order valence-corrected chi connectivity index (χ2v) is 11.5. The van der Waals surface area contributed by atoms with Gasteiger partial charge in [-0.25, -0.2) is 4.39 Å². The van der Waals surface area contributed by atoms with Gasteiger partial charge in [-0.15, -0.1) is 11.8 Å². The quantitative estimate of drug-likeness (QED) is 0.338. The van der Waals surface area contributed by atoms with Crippen LogP contribution in [0.15, 0.2) is 65.6 Å². The predicted octanol–water partition coefficient (Wildman–Crippen LogP) is 6.64. The van der Waals surface area contributed by atoms with Gasteiger partial charge in [0.1, 0.15) is 23.4 Å². The Labute approximate surface area is 227 Å². The minimum atomic E-state index is -1.14. The molecule has 7 heteroatoms. The number of phenolic OH excluding ortho intramolecular Hbond substituents is 1. The molecule has 0 bridgehead atoms. The van der Waals surface area contributed by atoms with E-state index in [0.717, 1.165) is 59.0 Å². The third kappa shape index (κ3) is 5.75. The molecule has 0 unspecified atom stereocenters. The van der Waals surface area contributed by atoms with Crippen LogP contribution in [0.3, 0.4) is 0 Å². The summed E-state index contributed by atoms with van der Waals surface area (Å²) in [5.74, 6) is 1.13. The normalized spacial score (nSPS) is 18.1. The molecule has 1 atom stereocenters. The maximum Gasteiger partial charge on any atom is 0.131 e. The van der Waals surface area contributed by atoms with E-state index in [4.69, 9.17) is 4.74 Å². The molecule has 0 spiro atoms. The maximum atomic E-state index is 15.5. The molecule has 1 fully saturated rings. The molecule has 2 N–H and O–H groups in total. The first kappa shape index (κ1) is 26.7. The van der Waals surface area contributed by atoms with Crippen LogP contribution in [0.1, 0.15) is 48.9 Å². The van der Waals surface area contributed by atoms with Crippen molar-refractivity contribution in [1.29, 1.82) is 0 Å². The Bertz CT molecular complexity index is 1330. The standard InChI is InChI=1S/C31H33F2NO3S/c1-31(2,36)21-6-10-25(28(33)16-21)27-19-38-29-17-22(35)7-11-26(29)30(27)20-4-8-23(9-5-20)37-24-12-15-34(18-24)14-3-13-32/h4-11,16-17,24,35-36H,3,12-15,18-19H2,1-2H3/t24-/m0/s1. The van der Waals surface area contributed by atoms with Gasteiger partial charge < -0.3 is 14.9 Å². The second-order valence-electron chi connectivity index (χ2n) is 10.5. The summed E-state index contributed by atoms with van der Waals surface area (Å²) in [7, 11) is 0. The highest BCUT2D eigenvalue weighted by Crippen LogP contribution is 2.46. The van der Waals surface area contributed by atoms with Crippen LogP contribution in [-0.2, 0) is 5.60 Å². The Kier molecular flexibility index (Phi) is 7.80. The Morgan fingerprint density at radius 2 is 1.82 bits per heavy atom. The minimum absolute atomic E-state index is 0.0772. The summed E-state index contributed by atoms with van der Waals surface area (Å²) >= 11 is 1.57. The molecule has 0 radical (unpaired) electrons. The second kappa shape index (κ2) is 11.1. The van der Waals surface area contributed by atoms with Crippen LogP contribution in [-0.4, -0.2) is 53.3 Å². The SMILES string of the molecule is CC(C)(O)c1ccc(C2=C(c3ccc(O[C@H]4CCN(CCCF)C4)cc3)c3ccc(O)cc3SC2)c(F)c1. The van der Waals surface area contributed by atoms with Crippen molar-refractivity contribution in [1.82, 2.24) is 4.90 Å². The van der Waals surface area contributed by atoms with Crippen LogP contribution in [0.25, 0.3) is 11.1 Å². The zero-order chi connectivity index (χ0) is 26.9. The Hall–Kier alpha value is -2.87. The summed E-state index contributed by atoms with van der Waals surface area (Å²) in [4.78, 5) is 3.18. The maximum absolute atomic E-state index is 15.5. The van der Waals surface area contributed by atoms with E-state index in [2.05, 4.69) is 4.90 Å². The topological polar surface area (TPSA) is 52.9 Å². The molecule has 0 aromatic heterocycles. The molecule has 2 aliphatic heterocycles. The number of aromatic hydroxyl groups is 1. The van der Waals surface area contributed by atoms with Crippen molar-refractivity contribution < 1.29 is 23.7 Å². The van der Waals surface area contributed by atoms with E-state index in [9.17, 15) is 14.6 Å². The zero-order valence-electron chi connectivity index (χ0n) is 21.7. The van der Waals surface area contributed by atoms with Gasteiger partial charge in [0.2, 0.25) is 0 Å². The first-order chi connectivity index (χ1) is 18.2. The fraction of sp³-hybridized carbons (Fsp3) is 0.355. The van der Waals surface area contributed by atoms with Crippen molar-refractivity contribution in [3.63, 3.8) is 0 Å². The third-order valence-corrected chi connectivity index (χ3v) is 8.27. The summed E-state index contributed by atoms with van der Waals surface area (Å²) in [5, 5.41) is 20.4. The molecule has 2 aliphatic rings. The summed E-state index contributed by atoms with van der Waals surface area (Å²) in [6.07, 6.45) is 1.54. The number of benzene rings is 3.